The number of hydrogen-bond acceptors (Lipinski definition) is 3. The fourth-order valence-corrected chi connectivity index (χ4v) is 5.94. The van der Waals surface area contributed by atoms with Crippen LogP contribution < -0.4 is 0 Å². The summed E-state index contributed by atoms with van der Waals surface area (Å²) in [6.07, 6.45) is 1.60. The van der Waals surface area contributed by atoms with Gasteiger partial charge in [-0.15, -0.1) is 0 Å². The van der Waals surface area contributed by atoms with Crippen molar-refractivity contribution < 1.29 is 15.3 Å². The zero-order valence-corrected chi connectivity index (χ0v) is 18.5. The summed E-state index contributed by atoms with van der Waals surface area (Å²) in [6.45, 7) is 6.46. The highest BCUT2D eigenvalue weighted by molar-refractivity contribution is 5.51. The first-order chi connectivity index (χ1) is 14.8. The van der Waals surface area contributed by atoms with Crippen LogP contribution in [0.3, 0.4) is 0 Å². The lowest BCUT2D eigenvalue weighted by molar-refractivity contribution is -0.0715. The Bertz CT molecular complexity index is 1010. The maximum absolute atomic E-state index is 12.1. The Hall–Kier alpha value is -2.78. The SMILES string of the molecule is CC(C)C1CCC(C)(O)C(c2ccccc2)(c2ccc(O)cc2)C1c1ccc(O)cc1. The van der Waals surface area contributed by atoms with E-state index in [9.17, 15) is 15.3 Å². The highest BCUT2D eigenvalue weighted by Gasteiger charge is 2.60. The average molecular weight is 417 g/mol. The van der Waals surface area contributed by atoms with Crippen LogP contribution in [0, 0.1) is 11.8 Å². The van der Waals surface area contributed by atoms with Crippen LogP contribution in [0.5, 0.6) is 11.5 Å². The van der Waals surface area contributed by atoms with E-state index in [1.165, 1.54) is 0 Å². The van der Waals surface area contributed by atoms with Crippen molar-refractivity contribution in [1.29, 1.82) is 0 Å². The van der Waals surface area contributed by atoms with Gasteiger partial charge >= 0.3 is 0 Å². The van der Waals surface area contributed by atoms with Gasteiger partial charge in [0.25, 0.3) is 0 Å². The quantitative estimate of drug-likeness (QED) is 0.490. The first kappa shape index (κ1) is 21.5. The van der Waals surface area contributed by atoms with E-state index in [1.807, 2.05) is 49.4 Å². The van der Waals surface area contributed by atoms with E-state index >= 15 is 0 Å². The Morgan fingerprint density at radius 1 is 0.774 bits per heavy atom. The van der Waals surface area contributed by atoms with E-state index < -0.39 is 11.0 Å². The van der Waals surface area contributed by atoms with Crippen molar-refractivity contribution in [2.75, 3.05) is 0 Å². The zero-order valence-electron chi connectivity index (χ0n) is 18.5. The molecule has 3 N–H and O–H groups in total. The molecule has 0 spiro atoms. The lowest BCUT2D eigenvalue weighted by Crippen LogP contribution is -2.59. The summed E-state index contributed by atoms with van der Waals surface area (Å²) in [6, 6.07) is 25.1. The minimum Gasteiger partial charge on any atom is -0.508 e. The number of benzene rings is 3. The molecule has 3 nitrogen and oxygen atoms in total. The third-order valence-corrected chi connectivity index (χ3v) is 7.37. The van der Waals surface area contributed by atoms with Crippen molar-refractivity contribution in [2.45, 2.75) is 50.5 Å². The monoisotopic (exact) mass is 416 g/mol. The van der Waals surface area contributed by atoms with Gasteiger partial charge < -0.3 is 15.3 Å². The molecule has 4 rings (SSSR count). The van der Waals surface area contributed by atoms with Gasteiger partial charge in [-0.05, 0) is 72.6 Å². The molecule has 1 aliphatic rings. The second kappa shape index (κ2) is 8.05. The predicted octanol–water partition coefficient (Wildman–Crippen LogP) is 5.98. The normalized spacial score (nSPS) is 28.5. The van der Waals surface area contributed by atoms with Gasteiger partial charge in [-0.2, -0.15) is 0 Å². The van der Waals surface area contributed by atoms with Crippen LogP contribution in [-0.2, 0) is 5.41 Å². The molecule has 3 aromatic rings. The van der Waals surface area contributed by atoms with E-state index in [0.29, 0.717) is 18.3 Å². The minimum atomic E-state index is -1.01. The number of aromatic hydroxyl groups is 2. The Kier molecular flexibility index (Phi) is 5.57. The highest BCUT2D eigenvalue weighted by atomic mass is 16.3. The van der Waals surface area contributed by atoms with Gasteiger partial charge in [-0.1, -0.05) is 68.4 Å². The van der Waals surface area contributed by atoms with Crippen LogP contribution in [0.15, 0.2) is 78.9 Å². The molecule has 1 saturated carbocycles. The predicted molar refractivity (Wildman–Crippen MR) is 124 cm³/mol. The molecule has 0 heterocycles. The third-order valence-electron chi connectivity index (χ3n) is 7.37. The molecular formula is C28H32O3. The summed E-state index contributed by atoms with van der Waals surface area (Å²) < 4.78 is 0. The summed E-state index contributed by atoms with van der Waals surface area (Å²) in [5, 5.41) is 32.1. The molecule has 1 aliphatic carbocycles. The van der Waals surface area contributed by atoms with Gasteiger partial charge in [0, 0.05) is 5.92 Å². The highest BCUT2D eigenvalue weighted by Crippen LogP contribution is 2.61. The Morgan fingerprint density at radius 3 is 1.84 bits per heavy atom. The van der Waals surface area contributed by atoms with Gasteiger partial charge in [0.2, 0.25) is 0 Å². The summed E-state index contributed by atoms with van der Waals surface area (Å²) in [4.78, 5) is 0. The average Bonchev–Trinajstić information content (AvgIpc) is 2.75. The molecule has 0 radical (unpaired) electrons. The molecule has 4 atom stereocenters. The van der Waals surface area contributed by atoms with Gasteiger partial charge in [-0.25, -0.2) is 0 Å². The summed E-state index contributed by atoms with van der Waals surface area (Å²) in [5.41, 5.74) is 1.43. The van der Waals surface area contributed by atoms with E-state index in [0.717, 1.165) is 23.1 Å². The third kappa shape index (κ3) is 3.51. The van der Waals surface area contributed by atoms with Crippen molar-refractivity contribution in [1.82, 2.24) is 0 Å². The zero-order chi connectivity index (χ0) is 22.2. The van der Waals surface area contributed by atoms with Crippen molar-refractivity contribution in [3.8, 4) is 11.5 Å². The van der Waals surface area contributed by atoms with Crippen molar-refractivity contribution in [3.05, 3.63) is 95.6 Å². The van der Waals surface area contributed by atoms with Gasteiger partial charge in [0.1, 0.15) is 11.5 Å². The van der Waals surface area contributed by atoms with Crippen LogP contribution in [0.25, 0.3) is 0 Å². The number of hydrogen-bond donors (Lipinski definition) is 3. The molecule has 0 aromatic heterocycles. The lowest BCUT2D eigenvalue weighted by Gasteiger charge is -2.58. The maximum atomic E-state index is 12.1. The molecule has 0 amide bonds. The molecule has 31 heavy (non-hydrogen) atoms. The summed E-state index contributed by atoms with van der Waals surface area (Å²) >= 11 is 0. The molecule has 162 valence electrons. The first-order valence-corrected chi connectivity index (χ1v) is 11.1. The molecule has 4 unspecified atom stereocenters. The molecule has 0 bridgehead atoms. The summed E-state index contributed by atoms with van der Waals surface area (Å²) in [5.74, 6) is 1.18. The van der Waals surface area contributed by atoms with Gasteiger partial charge in [0.05, 0.1) is 11.0 Å². The molecule has 0 saturated heterocycles. The van der Waals surface area contributed by atoms with Gasteiger partial charge in [-0.3, -0.25) is 0 Å². The minimum absolute atomic E-state index is 0.0104. The standard InChI is InChI=1S/C28H32O3/c1-19(2)25-17-18-27(3,31)28(21-7-5-4-6-8-21,22-11-15-24(30)16-12-22)26(25)20-9-13-23(29)14-10-20/h4-16,19,25-26,29-31H,17-18H2,1-3H3. The van der Waals surface area contributed by atoms with Crippen LogP contribution in [0.1, 0.15) is 56.2 Å². The topological polar surface area (TPSA) is 60.7 Å². The Balaban J connectivity index is 2.09. The fourth-order valence-electron chi connectivity index (χ4n) is 5.94. The van der Waals surface area contributed by atoms with Crippen molar-refractivity contribution in [2.24, 2.45) is 11.8 Å². The van der Waals surface area contributed by atoms with E-state index in [4.69, 9.17) is 0 Å². The van der Waals surface area contributed by atoms with Gasteiger partial charge in [0.15, 0.2) is 0 Å². The number of phenols is 2. The first-order valence-electron chi connectivity index (χ1n) is 11.1. The maximum Gasteiger partial charge on any atom is 0.115 e. The van der Waals surface area contributed by atoms with Crippen LogP contribution in [-0.4, -0.2) is 20.9 Å². The fraction of sp³-hybridized carbons (Fsp3) is 0.357. The molecule has 3 heteroatoms. The van der Waals surface area contributed by atoms with Crippen LogP contribution in [0.4, 0.5) is 0 Å². The Morgan fingerprint density at radius 2 is 1.29 bits per heavy atom. The van der Waals surface area contributed by atoms with Crippen molar-refractivity contribution >= 4 is 0 Å². The van der Waals surface area contributed by atoms with E-state index in [-0.39, 0.29) is 17.4 Å². The van der Waals surface area contributed by atoms with Crippen LogP contribution >= 0.6 is 0 Å². The van der Waals surface area contributed by atoms with E-state index in [1.54, 1.807) is 24.3 Å². The molecular weight excluding hydrogens is 384 g/mol. The Labute approximate surface area is 185 Å². The van der Waals surface area contributed by atoms with E-state index in [2.05, 4.69) is 26.0 Å². The molecule has 1 fully saturated rings. The largest absolute Gasteiger partial charge is 0.508 e. The lowest BCUT2D eigenvalue weighted by atomic mass is 9.47. The second-order valence-electron chi connectivity index (χ2n) is 9.51. The molecule has 3 aromatic carbocycles. The second-order valence-corrected chi connectivity index (χ2v) is 9.51. The number of rotatable bonds is 4. The number of phenolic OH excluding ortho intramolecular Hbond substituents is 2. The van der Waals surface area contributed by atoms with Crippen molar-refractivity contribution in [3.63, 3.8) is 0 Å². The summed E-state index contributed by atoms with van der Waals surface area (Å²) in [7, 11) is 0. The smallest absolute Gasteiger partial charge is 0.115 e. The number of aliphatic hydroxyl groups is 1. The molecule has 0 aliphatic heterocycles. The van der Waals surface area contributed by atoms with Crippen LogP contribution in [0.2, 0.25) is 0 Å².